The standard InChI is InChI=1S/C103H92BN5/c1-99(2,3)69-54-67(55-70(61-69)100(4,5)6)76-34-18-25-41-86(76)108-94-63-74(106-88-43-27-20-36-78(88)79-37-21-28-44-89(79)106)49-51-84(94)104-85-52-50-75(107-90-45-29-22-38-80(90)81-39-23-30-46-91(81)107)64-95(85)109(87-42-26-19-35-77(87)68-56-71(101(7,8)9)62-72(57-68)102(10,11)12)97-60-66(59-96(108)98(97)104)65-48-53-93-83(58-65)103(13,14)82-40-24-31-47-92(82)105(93)73-32-16-15-17-33-73/h15-64H,1-14H3/i20D,21D,22D,23D,27D,28D,29D,30D,36D,37D,38D,39D,43D,44D,45D,46D. The molecule has 0 atom stereocenters. The van der Waals surface area contributed by atoms with Crippen LogP contribution in [0.4, 0.5) is 51.2 Å². The van der Waals surface area contributed by atoms with Gasteiger partial charge in [-0.3, -0.25) is 0 Å². The summed E-state index contributed by atoms with van der Waals surface area (Å²) in [5.41, 5.74) is 20.1. The summed E-state index contributed by atoms with van der Waals surface area (Å²) in [6.45, 7) is 30.5. The number of anilines is 9. The third-order valence-electron chi connectivity index (χ3n) is 22.9. The summed E-state index contributed by atoms with van der Waals surface area (Å²) < 4.78 is 155. The molecular weight excluding hydrogens is 1320 g/mol. The van der Waals surface area contributed by atoms with Crippen LogP contribution in [-0.4, -0.2) is 15.8 Å². The average Bonchev–Trinajstić information content (AvgIpc) is 1.61. The number of aromatic nitrogens is 2. The van der Waals surface area contributed by atoms with E-state index in [2.05, 4.69) is 263 Å². The third-order valence-corrected chi connectivity index (χ3v) is 22.9. The number of fused-ring (bicyclic) bond motifs is 12. The fourth-order valence-corrected chi connectivity index (χ4v) is 17.2. The van der Waals surface area contributed by atoms with Gasteiger partial charge in [0.1, 0.15) is 0 Å². The van der Waals surface area contributed by atoms with Crippen LogP contribution in [0.3, 0.4) is 0 Å². The number of hydrogen-bond acceptors (Lipinski definition) is 3. The number of rotatable bonds is 8. The molecule has 14 aromatic carbocycles. The van der Waals surface area contributed by atoms with Crippen molar-refractivity contribution in [1.29, 1.82) is 0 Å². The smallest absolute Gasteiger partial charge is 0.252 e. The van der Waals surface area contributed by atoms with Gasteiger partial charge in [0.2, 0.25) is 0 Å². The van der Waals surface area contributed by atoms with Crippen molar-refractivity contribution in [3.05, 3.63) is 336 Å². The van der Waals surface area contributed by atoms with Gasteiger partial charge < -0.3 is 23.8 Å². The fourth-order valence-electron chi connectivity index (χ4n) is 17.2. The minimum absolute atomic E-state index is 0.0459. The van der Waals surface area contributed by atoms with Crippen LogP contribution in [0, 0.1) is 0 Å². The predicted octanol–water partition coefficient (Wildman–Crippen LogP) is 26.3. The lowest BCUT2D eigenvalue weighted by Gasteiger charge is -2.45. The van der Waals surface area contributed by atoms with Gasteiger partial charge >= 0.3 is 0 Å². The lowest BCUT2D eigenvalue weighted by atomic mass is 9.33. The van der Waals surface area contributed by atoms with E-state index in [4.69, 9.17) is 5.48 Å². The van der Waals surface area contributed by atoms with Gasteiger partial charge in [-0.1, -0.05) is 297 Å². The minimum atomic E-state index is -0.763. The summed E-state index contributed by atoms with van der Waals surface area (Å²) in [5.74, 6) is 0. The molecule has 0 spiro atoms. The van der Waals surface area contributed by atoms with Crippen LogP contribution in [-0.2, 0) is 27.1 Å². The van der Waals surface area contributed by atoms with Gasteiger partial charge in [0.05, 0.1) is 66.7 Å². The molecule has 3 aliphatic rings. The molecule has 5 nitrogen and oxygen atoms in total. The molecule has 3 aliphatic heterocycles. The van der Waals surface area contributed by atoms with E-state index in [1.54, 1.807) is 9.13 Å². The highest BCUT2D eigenvalue weighted by atomic mass is 15.2. The highest BCUT2D eigenvalue weighted by Gasteiger charge is 2.46. The summed E-state index contributed by atoms with van der Waals surface area (Å²) in [6, 6.07) is 64.4. The number of hydrogen-bond donors (Lipinski definition) is 0. The molecule has 6 heteroatoms. The normalized spacial score (nSPS) is 16.0. The molecule has 0 aliphatic carbocycles. The SMILES string of the molecule is [2H]c1c([2H])c([2H])c2c(c1[2H])c1c([2H])c([2H])c([2H])c([2H])c1n2-c1ccc2c(c1)N(c1ccccc1-c1cc(C(C)(C)C)cc(C(C)(C)C)c1)c1cc(-c3ccc4c(c3)C(C)(C)c3ccccc3N4c3ccccc3)cc3c1B2c1ccc(-n2c4c([2H])c([2H])c([2H])c([2H])c4c4c([2H])c([2H])c([2H])c([2H])c42)cc1N3c1ccccc1-c1cc(C(C)(C)C)cc(C(C)(C)C)c1. The van der Waals surface area contributed by atoms with Crippen molar-refractivity contribution in [2.45, 2.75) is 124 Å². The fraction of sp³-hybridized carbons (Fsp3) is 0.184. The molecule has 0 saturated carbocycles. The Morgan fingerprint density at radius 3 is 1.08 bits per heavy atom. The van der Waals surface area contributed by atoms with Crippen LogP contribution in [0.25, 0.3) is 88.4 Å². The summed E-state index contributed by atoms with van der Waals surface area (Å²) in [7, 11) is 0. The van der Waals surface area contributed by atoms with Gasteiger partial charge in [-0.2, -0.15) is 0 Å². The van der Waals surface area contributed by atoms with E-state index in [0.29, 0.717) is 22.7 Å². The van der Waals surface area contributed by atoms with Gasteiger partial charge in [-0.25, -0.2) is 0 Å². The van der Waals surface area contributed by atoms with Crippen LogP contribution in [0.2, 0.25) is 0 Å². The first-order valence-electron chi connectivity index (χ1n) is 45.7. The molecule has 0 unspecified atom stereocenters. The lowest BCUT2D eigenvalue weighted by Crippen LogP contribution is -2.61. The second-order valence-corrected chi connectivity index (χ2v) is 34.3. The van der Waals surface area contributed by atoms with Crippen LogP contribution in [0.15, 0.2) is 303 Å². The van der Waals surface area contributed by atoms with Crippen molar-refractivity contribution < 1.29 is 21.9 Å². The minimum Gasteiger partial charge on any atom is -0.311 e. The molecule has 5 heterocycles. The zero-order valence-electron chi connectivity index (χ0n) is 79.9. The van der Waals surface area contributed by atoms with Crippen molar-refractivity contribution in [3.8, 4) is 44.8 Å². The Balaban J connectivity index is 1.01. The highest BCUT2D eigenvalue weighted by molar-refractivity contribution is 7.00. The third kappa shape index (κ3) is 10.9. The van der Waals surface area contributed by atoms with E-state index in [1.807, 2.05) is 54.6 Å². The molecule has 19 rings (SSSR count). The summed E-state index contributed by atoms with van der Waals surface area (Å²) in [6.07, 6.45) is 0. The Labute approximate surface area is 665 Å². The van der Waals surface area contributed by atoms with Crippen LogP contribution in [0.5, 0.6) is 0 Å². The molecule has 0 N–H and O–H groups in total. The average molecular weight is 1430 g/mol. The second-order valence-electron chi connectivity index (χ2n) is 34.3. The molecule has 0 radical (unpaired) electrons. The van der Waals surface area contributed by atoms with Crippen molar-refractivity contribution in [2.24, 2.45) is 0 Å². The predicted molar refractivity (Wildman–Crippen MR) is 467 cm³/mol. The molecule has 532 valence electrons. The Hall–Kier alpha value is -11.9. The maximum absolute atomic E-state index is 9.91. The number of benzene rings is 14. The molecule has 0 fully saturated rings. The Morgan fingerprint density at radius 2 is 0.661 bits per heavy atom. The Kier molecular flexibility index (Phi) is 11.8. The van der Waals surface area contributed by atoms with Crippen molar-refractivity contribution in [1.82, 2.24) is 9.13 Å². The van der Waals surface area contributed by atoms with E-state index in [-0.39, 0.29) is 65.3 Å². The summed E-state index contributed by atoms with van der Waals surface area (Å²) in [5, 5.41) is -0.274. The topological polar surface area (TPSA) is 19.6 Å². The summed E-state index contributed by atoms with van der Waals surface area (Å²) in [4.78, 5) is 6.96. The first-order chi connectivity index (χ1) is 59.0. The molecule has 109 heavy (non-hydrogen) atoms. The largest absolute Gasteiger partial charge is 0.311 e. The molecule has 2 aromatic heterocycles. The Bertz CT molecular complexity index is 6850. The molecule has 0 amide bonds. The first-order valence-corrected chi connectivity index (χ1v) is 37.7. The maximum atomic E-state index is 9.91. The highest BCUT2D eigenvalue weighted by Crippen LogP contribution is 2.56. The van der Waals surface area contributed by atoms with E-state index >= 15 is 0 Å². The quantitative estimate of drug-likeness (QED) is 0.141. The molecule has 0 bridgehead atoms. The maximum Gasteiger partial charge on any atom is 0.252 e. The Morgan fingerprint density at radius 1 is 0.284 bits per heavy atom. The van der Waals surface area contributed by atoms with E-state index in [0.717, 1.165) is 123 Å². The van der Waals surface area contributed by atoms with Crippen LogP contribution in [0.1, 0.15) is 152 Å². The van der Waals surface area contributed by atoms with Crippen LogP contribution >= 0.6 is 0 Å². The first kappa shape index (κ1) is 52.2. The second kappa shape index (κ2) is 24.6. The lowest BCUT2D eigenvalue weighted by molar-refractivity contribution is 0.568. The number of para-hydroxylation sites is 8. The molecular formula is C103H92BN5. The summed E-state index contributed by atoms with van der Waals surface area (Å²) >= 11 is 0. The van der Waals surface area contributed by atoms with Gasteiger partial charge in [0.25, 0.3) is 6.71 Å². The monoisotopic (exact) mass is 1430 g/mol. The number of nitrogens with zero attached hydrogens (tertiary/aromatic N) is 5. The van der Waals surface area contributed by atoms with E-state index < -0.39 is 109 Å². The van der Waals surface area contributed by atoms with Gasteiger partial charge in [-0.15, -0.1) is 0 Å². The molecule has 16 aromatic rings. The van der Waals surface area contributed by atoms with Crippen LogP contribution < -0.4 is 31.1 Å². The van der Waals surface area contributed by atoms with E-state index in [1.165, 1.54) is 0 Å². The van der Waals surface area contributed by atoms with Gasteiger partial charge in [-0.05, 0) is 197 Å². The van der Waals surface area contributed by atoms with Gasteiger partial charge in [0, 0.05) is 77.9 Å². The van der Waals surface area contributed by atoms with Crippen molar-refractivity contribution in [2.75, 3.05) is 14.7 Å². The van der Waals surface area contributed by atoms with Gasteiger partial charge in [0.15, 0.2) is 0 Å². The zero-order chi connectivity index (χ0) is 88.9. The van der Waals surface area contributed by atoms with E-state index in [9.17, 15) is 16.4 Å². The molecule has 0 saturated heterocycles. The zero-order valence-corrected chi connectivity index (χ0v) is 63.9. The van der Waals surface area contributed by atoms with Crippen molar-refractivity contribution in [3.63, 3.8) is 0 Å². The van der Waals surface area contributed by atoms with Crippen molar-refractivity contribution >= 4 is 118 Å².